The second kappa shape index (κ2) is 7.23. The van der Waals surface area contributed by atoms with Crippen molar-refractivity contribution in [3.63, 3.8) is 0 Å². The van der Waals surface area contributed by atoms with E-state index in [2.05, 4.69) is 10.2 Å². The van der Waals surface area contributed by atoms with E-state index in [4.69, 9.17) is 21.1 Å². The van der Waals surface area contributed by atoms with E-state index in [1.54, 1.807) is 0 Å². The van der Waals surface area contributed by atoms with Gasteiger partial charge in [0.15, 0.2) is 0 Å². The summed E-state index contributed by atoms with van der Waals surface area (Å²) in [7, 11) is 0. The van der Waals surface area contributed by atoms with E-state index in [1.807, 2.05) is 30.3 Å². The fourth-order valence-corrected chi connectivity index (χ4v) is 4.24. The molecule has 2 aliphatic heterocycles. The molecule has 0 spiro atoms. The fourth-order valence-electron chi connectivity index (χ4n) is 3.11. The van der Waals surface area contributed by atoms with Crippen molar-refractivity contribution in [2.45, 2.75) is 18.9 Å². The number of nitrogens with zero attached hydrogens (tertiary/aromatic N) is 1. The highest BCUT2D eigenvalue weighted by molar-refractivity contribution is 7.18. The Bertz CT molecular complexity index is 773. The Morgan fingerprint density at radius 2 is 2.24 bits per heavy atom. The molecule has 3 heterocycles. The maximum Gasteiger partial charge on any atom is 0.261 e. The minimum Gasteiger partial charge on any atom is -0.490 e. The molecule has 1 fully saturated rings. The first-order valence-electron chi connectivity index (χ1n) is 8.40. The Hall–Kier alpha value is -1.76. The van der Waals surface area contributed by atoms with E-state index in [-0.39, 0.29) is 12.0 Å². The van der Waals surface area contributed by atoms with Crippen molar-refractivity contribution >= 4 is 39.5 Å². The Balaban J connectivity index is 1.48. The quantitative estimate of drug-likeness (QED) is 0.878. The summed E-state index contributed by atoms with van der Waals surface area (Å²) in [6, 6.07) is 9.44. The smallest absolute Gasteiger partial charge is 0.261 e. The minimum absolute atomic E-state index is 0.0497. The third-order valence-corrected chi connectivity index (χ3v) is 5.72. The number of ether oxygens (including phenoxy) is 2. The highest BCUT2D eigenvalue weighted by atomic mass is 35.5. The topological polar surface area (TPSA) is 50.8 Å². The molecule has 1 aromatic carbocycles. The highest BCUT2D eigenvalue weighted by Crippen LogP contribution is 2.40. The summed E-state index contributed by atoms with van der Waals surface area (Å²) in [5.74, 6) is 0.764. The van der Waals surface area contributed by atoms with Gasteiger partial charge in [0.2, 0.25) is 0 Å². The molecule has 1 amide bonds. The Morgan fingerprint density at radius 1 is 1.32 bits per heavy atom. The number of nitrogens with one attached hydrogen (secondary N) is 1. The molecule has 0 radical (unpaired) electrons. The number of fused-ring (bicyclic) bond motifs is 1. The molecule has 5 nitrogen and oxygen atoms in total. The molecular weight excluding hydrogens is 360 g/mol. The first kappa shape index (κ1) is 16.7. The lowest BCUT2D eigenvalue weighted by Crippen LogP contribution is -2.31. The monoisotopic (exact) mass is 378 g/mol. The summed E-state index contributed by atoms with van der Waals surface area (Å²) < 4.78 is 11.2. The predicted octanol–water partition coefficient (Wildman–Crippen LogP) is 3.84. The van der Waals surface area contributed by atoms with Crippen LogP contribution in [0.3, 0.4) is 0 Å². The van der Waals surface area contributed by atoms with Gasteiger partial charge in [-0.15, -0.1) is 11.3 Å². The molecular formula is C18H19ClN2O3S. The van der Waals surface area contributed by atoms with Gasteiger partial charge in [-0.2, -0.15) is 0 Å². The summed E-state index contributed by atoms with van der Waals surface area (Å²) >= 11 is 7.61. The van der Waals surface area contributed by atoms with Crippen molar-refractivity contribution in [1.29, 1.82) is 0 Å². The van der Waals surface area contributed by atoms with Gasteiger partial charge in [-0.1, -0.05) is 11.6 Å². The van der Waals surface area contributed by atoms with E-state index in [1.165, 1.54) is 11.3 Å². The number of amides is 1. The third-order valence-electron chi connectivity index (χ3n) is 4.38. The molecule has 1 aromatic heterocycles. The maximum atomic E-state index is 12.4. The summed E-state index contributed by atoms with van der Waals surface area (Å²) in [5.41, 5.74) is 0.937. The van der Waals surface area contributed by atoms with Crippen molar-refractivity contribution in [3.8, 4) is 5.75 Å². The van der Waals surface area contributed by atoms with Gasteiger partial charge in [0.05, 0.1) is 28.2 Å². The zero-order valence-corrected chi connectivity index (χ0v) is 15.2. The lowest BCUT2D eigenvalue weighted by molar-refractivity contribution is 0.0861. The molecule has 1 saturated heterocycles. The number of carbonyl (C=O) groups excluding carboxylic acids is 1. The van der Waals surface area contributed by atoms with Crippen molar-refractivity contribution in [2.24, 2.45) is 0 Å². The standard InChI is InChI=1S/C18H19ClN2O3S/c19-12-3-4-15-14(10-12)21(7-9-24-15)17-6-5-16(25-17)18(22)20-11-13-2-1-8-23-13/h3-6,10,13H,1-2,7-9,11H2,(H,20,22). The van der Waals surface area contributed by atoms with Crippen LogP contribution < -0.4 is 15.0 Å². The summed E-state index contributed by atoms with van der Waals surface area (Å²) in [6.07, 6.45) is 2.24. The molecule has 1 unspecified atom stereocenters. The Morgan fingerprint density at radius 3 is 3.08 bits per heavy atom. The van der Waals surface area contributed by atoms with Crippen LogP contribution in [0.1, 0.15) is 22.5 Å². The molecule has 2 aliphatic rings. The van der Waals surface area contributed by atoms with Crippen molar-refractivity contribution in [3.05, 3.63) is 40.2 Å². The number of benzene rings is 1. The van der Waals surface area contributed by atoms with Gasteiger partial charge in [0.25, 0.3) is 5.91 Å². The van der Waals surface area contributed by atoms with Crippen LogP contribution in [0, 0.1) is 0 Å². The maximum absolute atomic E-state index is 12.4. The fraction of sp³-hybridized carbons (Fsp3) is 0.389. The number of halogens is 1. The minimum atomic E-state index is -0.0497. The van der Waals surface area contributed by atoms with E-state index in [0.717, 1.165) is 42.4 Å². The third kappa shape index (κ3) is 3.61. The number of rotatable bonds is 4. The molecule has 0 saturated carbocycles. The molecule has 2 aromatic rings. The van der Waals surface area contributed by atoms with Crippen LogP contribution in [0.5, 0.6) is 5.75 Å². The zero-order chi connectivity index (χ0) is 17.2. The van der Waals surface area contributed by atoms with Crippen LogP contribution >= 0.6 is 22.9 Å². The van der Waals surface area contributed by atoms with Crippen molar-refractivity contribution in [1.82, 2.24) is 5.32 Å². The first-order valence-corrected chi connectivity index (χ1v) is 9.60. The number of carbonyl (C=O) groups is 1. The predicted molar refractivity (Wildman–Crippen MR) is 99.6 cm³/mol. The van der Waals surface area contributed by atoms with Gasteiger partial charge in [-0.3, -0.25) is 4.79 Å². The lowest BCUT2D eigenvalue weighted by Gasteiger charge is -2.30. The van der Waals surface area contributed by atoms with Gasteiger partial charge in [0, 0.05) is 18.2 Å². The summed E-state index contributed by atoms with van der Waals surface area (Å²) in [4.78, 5) is 15.2. The molecule has 0 aliphatic carbocycles. The van der Waals surface area contributed by atoms with Gasteiger partial charge >= 0.3 is 0 Å². The number of hydrogen-bond acceptors (Lipinski definition) is 5. The van der Waals surface area contributed by atoms with Gasteiger partial charge < -0.3 is 19.7 Å². The highest BCUT2D eigenvalue weighted by Gasteiger charge is 2.23. The second-order valence-electron chi connectivity index (χ2n) is 6.10. The van der Waals surface area contributed by atoms with Crippen LogP contribution in [0.4, 0.5) is 10.7 Å². The van der Waals surface area contributed by atoms with E-state index in [9.17, 15) is 4.79 Å². The van der Waals surface area contributed by atoms with Crippen LogP contribution in [0.15, 0.2) is 30.3 Å². The normalized spacial score (nSPS) is 19.4. The van der Waals surface area contributed by atoms with Crippen molar-refractivity contribution in [2.75, 3.05) is 31.2 Å². The Labute approximate surface area is 155 Å². The molecule has 4 rings (SSSR count). The van der Waals surface area contributed by atoms with Gasteiger partial charge in [-0.25, -0.2) is 0 Å². The summed E-state index contributed by atoms with van der Waals surface area (Å²) in [5, 5.41) is 4.64. The molecule has 132 valence electrons. The second-order valence-corrected chi connectivity index (χ2v) is 7.59. The number of anilines is 2. The van der Waals surface area contributed by atoms with Crippen LogP contribution in [0.25, 0.3) is 0 Å². The largest absolute Gasteiger partial charge is 0.490 e. The lowest BCUT2D eigenvalue weighted by atomic mass is 10.2. The molecule has 25 heavy (non-hydrogen) atoms. The van der Waals surface area contributed by atoms with E-state index >= 15 is 0 Å². The number of thiophene rings is 1. The Kier molecular flexibility index (Phi) is 4.83. The average Bonchev–Trinajstić information content (AvgIpc) is 3.31. The van der Waals surface area contributed by atoms with Gasteiger partial charge in [0.1, 0.15) is 12.4 Å². The average molecular weight is 379 g/mol. The van der Waals surface area contributed by atoms with E-state index in [0.29, 0.717) is 23.1 Å². The molecule has 7 heteroatoms. The summed E-state index contributed by atoms with van der Waals surface area (Å²) in [6.45, 7) is 2.70. The molecule has 0 bridgehead atoms. The SMILES string of the molecule is O=C(NCC1CCCO1)c1ccc(N2CCOc3ccc(Cl)cc32)s1. The number of hydrogen-bond donors (Lipinski definition) is 1. The van der Waals surface area contributed by atoms with Crippen LogP contribution in [-0.4, -0.2) is 38.3 Å². The van der Waals surface area contributed by atoms with E-state index < -0.39 is 0 Å². The van der Waals surface area contributed by atoms with Crippen molar-refractivity contribution < 1.29 is 14.3 Å². The van der Waals surface area contributed by atoms with Crippen LogP contribution in [-0.2, 0) is 4.74 Å². The van der Waals surface area contributed by atoms with Crippen LogP contribution in [0.2, 0.25) is 5.02 Å². The van der Waals surface area contributed by atoms with Gasteiger partial charge in [-0.05, 0) is 43.2 Å². The first-order chi connectivity index (χ1) is 12.2. The molecule has 1 N–H and O–H groups in total. The zero-order valence-electron chi connectivity index (χ0n) is 13.7. The molecule has 1 atom stereocenters.